The number of aliphatic hydroxyl groups excluding tert-OH is 2. The number of rotatable bonds is 6. The second-order valence-corrected chi connectivity index (χ2v) is 22.5. The zero-order chi connectivity index (χ0) is 46.7. The van der Waals surface area contributed by atoms with E-state index in [-0.39, 0.29) is 53.0 Å². The molecule has 3 fully saturated rings. The van der Waals surface area contributed by atoms with Crippen molar-refractivity contribution in [3.05, 3.63) is 123 Å². The normalized spacial score (nSPS) is 27.8. The third-order valence-electron chi connectivity index (χ3n) is 15.8. The van der Waals surface area contributed by atoms with Crippen LogP contribution in [0.4, 0.5) is 0 Å². The van der Waals surface area contributed by atoms with Crippen LogP contribution in [0.25, 0.3) is 0 Å². The van der Waals surface area contributed by atoms with Gasteiger partial charge in [-0.2, -0.15) is 0 Å². The number of hydrogen-bond donors (Lipinski definition) is 6. The van der Waals surface area contributed by atoms with Gasteiger partial charge in [0.05, 0.1) is 37.1 Å². The molecular weight excluding hydrogens is 879 g/mol. The Labute approximate surface area is 402 Å². The van der Waals surface area contributed by atoms with Crippen LogP contribution in [0.5, 0.6) is 17.2 Å². The number of aliphatic imine (C=N–C) groups is 1. The van der Waals surface area contributed by atoms with E-state index >= 15 is 0 Å². The number of phenolic OH excluding ortho intramolecular Hbond substituents is 2. The molecule has 0 radical (unpaired) electrons. The Hall–Kier alpha value is -4.48. The summed E-state index contributed by atoms with van der Waals surface area (Å²) in [4.78, 5) is 18.1. The van der Waals surface area contributed by atoms with Gasteiger partial charge < -0.3 is 41.7 Å². The molecule has 3 aromatic carbocycles. The summed E-state index contributed by atoms with van der Waals surface area (Å²) in [7, 11) is 3.44. The number of ketones is 1. The summed E-state index contributed by atoms with van der Waals surface area (Å²) < 4.78 is 6.17. The molecule has 354 valence electrons. The summed E-state index contributed by atoms with van der Waals surface area (Å²) in [5.41, 5.74) is 19.0. The minimum Gasteiger partial charge on any atom is -0.875 e. The summed E-state index contributed by atoms with van der Waals surface area (Å²) >= 11 is 0. The molecule has 3 saturated carbocycles. The SMILES string of the molecule is NC(N)c1cc2c3cc1CSSC[C@]14CC[C@H](CCC[C@H](O)C5CCCC5)[C@](/C=C\C(=O)CCc5ccc(O)c(c5)OCCc5ccc(O)c(c5)[C@@H]3CC([O-])=C3C=CN=C3CC#C2)(C[C@@H]1O)C4. The van der Waals surface area contributed by atoms with Gasteiger partial charge in [-0.25, -0.2) is 0 Å². The number of allylic oxidation sites excluding steroid dienone is 5. The lowest BCUT2D eigenvalue weighted by Crippen LogP contribution is -2.38. The topological polar surface area (TPSA) is 195 Å². The molecule has 0 spiro atoms. The molecule has 6 atom stereocenters. The standard InChI is InChI=1S/C55H65N3O7S2/c56-53(57)43-27-37-7-3-9-46-41(19-23-58-46)50(63)29-44-42(37)28-38(43)31-66-67-33-55-21-17-39(8-4-10-47(60)36-5-1-2-6-36)54(32-55,30-52(55)64)22-18-40(59)14-11-34-13-16-49(62)51(26-34)65-24-20-35-12-15-48(61)45(44)25-35/h12-13,15-16,18-19,22-23,25-28,36,39,44,47,52-53,60-64H,1-2,4-6,8-11,14,17,20-21,24,29-33,56-57H2/p-1/b22-18-,50-41?/t39-,44+,47-,52-,54+,55+/m0/s1. The number of phenols is 2. The zero-order valence-electron chi connectivity index (χ0n) is 38.3. The van der Waals surface area contributed by atoms with Crippen LogP contribution in [0.3, 0.4) is 0 Å². The molecular formula is C55H64N3O7S2-. The molecule has 4 aliphatic carbocycles. The van der Waals surface area contributed by atoms with Crippen LogP contribution in [-0.4, -0.2) is 56.5 Å². The summed E-state index contributed by atoms with van der Waals surface area (Å²) in [6.45, 7) is 0.226. The number of fused-ring (bicyclic) bond motifs is 7. The highest BCUT2D eigenvalue weighted by Gasteiger charge is 2.58. The van der Waals surface area contributed by atoms with E-state index in [1.54, 1.807) is 58.1 Å². The van der Waals surface area contributed by atoms with Gasteiger partial charge in [-0.15, -0.1) is 5.76 Å². The summed E-state index contributed by atoms with van der Waals surface area (Å²) in [5, 5.41) is 59.8. The first-order chi connectivity index (χ1) is 32.4. The fourth-order valence-electron chi connectivity index (χ4n) is 12.0. The van der Waals surface area contributed by atoms with Crippen molar-refractivity contribution in [3.63, 3.8) is 0 Å². The molecule has 8 N–H and O–H groups in total. The number of carbonyl (C=O) groups is 1. The molecule has 6 aliphatic rings. The molecule has 8 bridgehead atoms. The van der Waals surface area contributed by atoms with Gasteiger partial charge in [0, 0.05) is 53.0 Å². The number of carbonyl (C=O) groups excluding carboxylic acids is 1. The first-order valence-corrected chi connectivity index (χ1v) is 26.8. The molecule has 0 aromatic heterocycles. The summed E-state index contributed by atoms with van der Waals surface area (Å²) in [6, 6.07) is 14.6. The monoisotopic (exact) mass is 942 g/mol. The van der Waals surface area contributed by atoms with Crippen molar-refractivity contribution < 1.29 is 35.1 Å². The molecule has 9 rings (SSSR count). The van der Waals surface area contributed by atoms with E-state index in [1.807, 2.05) is 24.3 Å². The Kier molecular flexibility index (Phi) is 14.6. The fourth-order valence-corrected chi connectivity index (χ4v) is 14.8. The fraction of sp³-hybridized carbons (Fsp3) is 0.491. The Morgan fingerprint density at radius 1 is 0.955 bits per heavy atom. The van der Waals surface area contributed by atoms with Crippen LogP contribution >= 0.6 is 21.6 Å². The molecule has 3 aromatic rings. The molecule has 0 saturated heterocycles. The number of aryl methyl sites for hydroxylation is 1. The lowest BCUT2D eigenvalue weighted by atomic mass is 9.62. The van der Waals surface area contributed by atoms with Gasteiger partial charge in [-0.1, -0.05) is 83.0 Å². The molecule has 67 heavy (non-hydrogen) atoms. The van der Waals surface area contributed by atoms with Crippen LogP contribution < -0.4 is 21.3 Å². The van der Waals surface area contributed by atoms with Crippen LogP contribution in [0, 0.1) is 34.5 Å². The van der Waals surface area contributed by atoms with Crippen LogP contribution in [0.15, 0.2) is 89.3 Å². The Balaban J connectivity index is 1.06. The third-order valence-corrected chi connectivity index (χ3v) is 18.3. The second-order valence-electron chi connectivity index (χ2n) is 20.0. The highest BCUT2D eigenvalue weighted by atomic mass is 33.1. The van der Waals surface area contributed by atoms with E-state index in [4.69, 9.17) is 16.2 Å². The van der Waals surface area contributed by atoms with Gasteiger partial charge in [-0.05, 0) is 151 Å². The maximum absolute atomic E-state index is 14.2. The molecule has 0 unspecified atom stereocenters. The van der Waals surface area contributed by atoms with Crippen molar-refractivity contribution in [1.82, 2.24) is 0 Å². The van der Waals surface area contributed by atoms with Gasteiger partial charge in [0.1, 0.15) is 5.75 Å². The van der Waals surface area contributed by atoms with Gasteiger partial charge in [-0.3, -0.25) is 9.79 Å². The number of aliphatic hydroxyl groups is 2. The maximum atomic E-state index is 14.2. The number of aromatic hydroxyl groups is 2. The Morgan fingerprint density at radius 3 is 2.58 bits per heavy atom. The molecule has 10 nitrogen and oxygen atoms in total. The summed E-state index contributed by atoms with van der Waals surface area (Å²) in [5.74, 6) is 8.35. The average Bonchev–Trinajstić information content (AvgIpc) is 4.08. The van der Waals surface area contributed by atoms with Crippen molar-refractivity contribution in [2.45, 2.75) is 133 Å². The maximum Gasteiger partial charge on any atom is 0.161 e. The quantitative estimate of drug-likeness (QED) is 0.0787. The summed E-state index contributed by atoms with van der Waals surface area (Å²) in [6.07, 6.45) is 17.8. The minimum atomic E-state index is -0.792. The highest BCUT2D eigenvalue weighted by Crippen LogP contribution is 2.64. The lowest BCUT2D eigenvalue weighted by molar-refractivity contribution is -0.307. The lowest BCUT2D eigenvalue weighted by Gasteiger charge is -2.44. The predicted octanol–water partition coefficient (Wildman–Crippen LogP) is 8.71. The Morgan fingerprint density at radius 2 is 1.76 bits per heavy atom. The van der Waals surface area contributed by atoms with E-state index < -0.39 is 18.2 Å². The largest absolute Gasteiger partial charge is 0.875 e. The number of nitrogens with zero attached hydrogens (tertiary/aromatic N) is 1. The number of hydrogen-bond acceptors (Lipinski definition) is 12. The van der Waals surface area contributed by atoms with E-state index in [0.717, 1.165) is 84.9 Å². The predicted molar refractivity (Wildman–Crippen MR) is 265 cm³/mol. The highest BCUT2D eigenvalue weighted by molar-refractivity contribution is 8.76. The second kappa shape index (κ2) is 20.6. The van der Waals surface area contributed by atoms with Gasteiger partial charge in [0.15, 0.2) is 17.3 Å². The van der Waals surface area contributed by atoms with Crippen LogP contribution in [0.1, 0.15) is 141 Å². The van der Waals surface area contributed by atoms with E-state index in [1.165, 1.54) is 12.8 Å². The van der Waals surface area contributed by atoms with Crippen LogP contribution in [-0.2, 0) is 23.4 Å². The van der Waals surface area contributed by atoms with Crippen molar-refractivity contribution >= 4 is 33.1 Å². The molecule has 12 heteroatoms. The van der Waals surface area contributed by atoms with Crippen molar-refractivity contribution in [1.29, 1.82) is 0 Å². The Bertz CT molecular complexity index is 2540. The number of nitrogens with two attached hydrogens (primary N) is 2. The first-order valence-electron chi connectivity index (χ1n) is 24.3. The third kappa shape index (κ3) is 10.4. The van der Waals surface area contributed by atoms with Gasteiger partial charge >= 0.3 is 0 Å². The first kappa shape index (κ1) is 47.6. The minimum absolute atomic E-state index is 0.00278. The van der Waals surface area contributed by atoms with Crippen molar-refractivity contribution in [2.75, 3.05) is 12.4 Å². The van der Waals surface area contributed by atoms with Crippen molar-refractivity contribution in [3.8, 4) is 29.1 Å². The van der Waals surface area contributed by atoms with Gasteiger partial charge in [0.2, 0.25) is 0 Å². The number of benzene rings is 3. The zero-order valence-corrected chi connectivity index (χ0v) is 39.9. The van der Waals surface area contributed by atoms with E-state index in [0.29, 0.717) is 77.9 Å². The van der Waals surface area contributed by atoms with E-state index in [2.05, 4.69) is 29.0 Å². The smallest absolute Gasteiger partial charge is 0.161 e. The molecule has 2 heterocycles. The van der Waals surface area contributed by atoms with Crippen LogP contribution in [0.2, 0.25) is 0 Å². The number of ether oxygens (including phenoxy) is 1. The molecule has 2 aliphatic heterocycles. The van der Waals surface area contributed by atoms with Gasteiger partial charge in [0.25, 0.3) is 0 Å². The molecule has 0 amide bonds. The van der Waals surface area contributed by atoms with Crippen molar-refractivity contribution in [2.24, 2.45) is 39.1 Å². The van der Waals surface area contributed by atoms with E-state index in [9.17, 15) is 30.3 Å². The average molecular weight is 943 g/mol.